The third-order valence-electron chi connectivity index (χ3n) is 3.62. The van der Waals surface area contributed by atoms with E-state index >= 15 is 0 Å². The predicted octanol–water partition coefficient (Wildman–Crippen LogP) is 4.72. The molecule has 0 bridgehead atoms. The molecule has 0 aliphatic heterocycles. The molecule has 0 atom stereocenters. The van der Waals surface area contributed by atoms with Gasteiger partial charge in [-0.1, -0.05) is 29.3 Å². The Labute approximate surface area is 140 Å². The molecule has 0 unspecified atom stereocenters. The minimum absolute atomic E-state index is 0.000963. The average molecular weight is 347 g/mol. The highest BCUT2D eigenvalue weighted by atomic mass is 35.5. The molecule has 1 aromatic carbocycles. The first-order valence-electron chi connectivity index (χ1n) is 6.81. The first-order valence-corrected chi connectivity index (χ1v) is 7.57. The van der Waals surface area contributed by atoms with Crippen molar-refractivity contribution in [3.05, 3.63) is 58.1 Å². The zero-order chi connectivity index (χ0) is 16.1. The molecule has 4 rings (SSSR count). The lowest BCUT2D eigenvalue weighted by atomic mass is 10.1. The summed E-state index contributed by atoms with van der Waals surface area (Å²) in [5.74, 6) is 0.0960. The van der Waals surface area contributed by atoms with Gasteiger partial charge < -0.3 is 0 Å². The van der Waals surface area contributed by atoms with Crippen LogP contribution in [0.3, 0.4) is 0 Å². The zero-order valence-electron chi connectivity index (χ0n) is 11.9. The number of hydrogen-bond donors (Lipinski definition) is 0. The minimum Gasteiger partial charge on any atom is -0.237 e. The van der Waals surface area contributed by atoms with Gasteiger partial charge in [0.05, 0.1) is 26.6 Å². The van der Waals surface area contributed by atoms with Crippen molar-refractivity contribution in [2.24, 2.45) is 0 Å². The SMILES string of the molecule is Cc1nn(-c2ccccn2)c2nc3cc(Cl)c(F)cc3c(Cl)c12. The highest BCUT2D eigenvalue weighted by Crippen LogP contribution is 2.35. The average Bonchev–Trinajstić information content (AvgIpc) is 2.87. The largest absolute Gasteiger partial charge is 0.237 e. The van der Waals surface area contributed by atoms with Crippen LogP contribution in [0, 0.1) is 12.7 Å². The molecule has 0 fully saturated rings. The van der Waals surface area contributed by atoms with Crippen molar-refractivity contribution in [1.82, 2.24) is 19.7 Å². The number of halogens is 3. The van der Waals surface area contributed by atoms with Crippen LogP contribution in [0.1, 0.15) is 5.69 Å². The third-order valence-corrected chi connectivity index (χ3v) is 4.31. The van der Waals surface area contributed by atoms with Gasteiger partial charge in [0.15, 0.2) is 11.5 Å². The van der Waals surface area contributed by atoms with Crippen molar-refractivity contribution in [2.75, 3.05) is 0 Å². The number of rotatable bonds is 1. The fourth-order valence-corrected chi connectivity index (χ4v) is 3.10. The Hall–Kier alpha value is -2.24. The number of aryl methyl sites for hydroxylation is 1. The fourth-order valence-electron chi connectivity index (χ4n) is 2.57. The predicted molar refractivity (Wildman–Crippen MR) is 88.9 cm³/mol. The van der Waals surface area contributed by atoms with E-state index in [0.717, 1.165) is 0 Å². The van der Waals surface area contributed by atoms with Gasteiger partial charge in [-0.3, -0.25) is 0 Å². The standard InChI is InChI=1S/C16H9Cl2FN4/c1-8-14-15(18)9-6-11(19)10(17)7-12(9)21-16(14)23(22-8)13-4-2-3-5-20-13/h2-7H,1H3. The molecule has 0 amide bonds. The Morgan fingerprint density at radius 2 is 2.00 bits per heavy atom. The van der Waals surface area contributed by atoms with Crippen LogP contribution < -0.4 is 0 Å². The molecule has 0 radical (unpaired) electrons. The van der Waals surface area contributed by atoms with E-state index in [9.17, 15) is 4.39 Å². The molecule has 3 heterocycles. The molecule has 0 saturated heterocycles. The van der Waals surface area contributed by atoms with E-state index in [1.165, 1.54) is 12.1 Å². The molecule has 3 aromatic heterocycles. The second-order valence-electron chi connectivity index (χ2n) is 5.09. The summed E-state index contributed by atoms with van der Waals surface area (Å²) >= 11 is 12.3. The van der Waals surface area contributed by atoms with Crippen molar-refractivity contribution in [3.63, 3.8) is 0 Å². The van der Waals surface area contributed by atoms with Gasteiger partial charge in [0.1, 0.15) is 5.82 Å². The van der Waals surface area contributed by atoms with Gasteiger partial charge in [0.2, 0.25) is 0 Å². The molecule has 4 aromatic rings. The van der Waals surface area contributed by atoms with Gasteiger partial charge in [0, 0.05) is 11.6 Å². The van der Waals surface area contributed by atoms with Crippen LogP contribution in [0.2, 0.25) is 10.0 Å². The second kappa shape index (κ2) is 5.15. The van der Waals surface area contributed by atoms with Crippen LogP contribution in [-0.2, 0) is 0 Å². The van der Waals surface area contributed by atoms with Crippen LogP contribution in [0.4, 0.5) is 4.39 Å². The molecule has 0 aliphatic rings. The summed E-state index contributed by atoms with van der Waals surface area (Å²) in [4.78, 5) is 8.85. The van der Waals surface area contributed by atoms with E-state index in [1.807, 2.05) is 25.1 Å². The van der Waals surface area contributed by atoms with Gasteiger partial charge in [-0.15, -0.1) is 0 Å². The van der Waals surface area contributed by atoms with E-state index in [-0.39, 0.29) is 5.02 Å². The molecular formula is C16H9Cl2FN4. The van der Waals surface area contributed by atoms with E-state index < -0.39 is 5.82 Å². The molecule has 23 heavy (non-hydrogen) atoms. The van der Waals surface area contributed by atoms with Crippen molar-refractivity contribution < 1.29 is 4.39 Å². The van der Waals surface area contributed by atoms with Crippen molar-refractivity contribution in [2.45, 2.75) is 6.92 Å². The normalized spacial score (nSPS) is 11.5. The maximum Gasteiger partial charge on any atom is 0.167 e. The molecule has 0 spiro atoms. The summed E-state index contributed by atoms with van der Waals surface area (Å²) < 4.78 is 15.4. The van der Waals surface area contributed by atoms with Gasteiger partial charge in [0.25, 0.3) is 0 Å². The quantitative estimate of drug-likeness (QED) is 0.500. The lowest BCUT2D eigenvalue weighted by Gasteiger charge is -2.06. The maximum absolute atomic E-state index is 13.8. The summed E-state index contributed by atoms with van der Waals surface area (Å²) in [5.41, 5.74) is 1.76. The molecule has 4 nitrogen and oxygen atoms in total. The van der Waals surface area contributed by atoms with Crippen LogP contribution in [0.15, 0.2) is 36.5 Å². The Bertz CT molecular complexity index is 1060. The van der Waals surface area contributed by atoms with Crippen molar-refractivity contribution in [1.29, 1.82) is 0 Å². The molecule has 7 heteroatoms. The topological polar surface area (TPSA) is 43.6 Å². The summed E-state index contributed by atoms with van der Waals surface area (Å²) in [5, 5.41) is 6.05. The van der Waals surface area contributed by atoms with E-state index in [4.69, 9.17) is 23.2 Å². The summed E-state index contributed by atoms with van der Waals surface area (Å²) in [6.07, 6.45) is 1.67. The van der Waals surface area contributed by atoms with Gasteiger partial charge >= 0.3 is 0 Å². The maximum atomic E-state index is 13.8. The van der Waals surface area contributed by atoms with Crippen LogP contribution in [0.25, 0.3) is 27.8 Å². The number of benzene rings is 1. The third kappa shape index (κ3) is 2.16. The van der Waals surface area contributed by atoms with Gasteiger partial charge in [-0.2, -0.15) is 9.78 Å². The van der Waals surface area contributed by atoms with E-state index in [2.05, 4.69) is 15.1 Å². The summed E-state index contributed by atoms with van der Waals surface area (Å²) in [7, 11) is 0. The molecular weight excluding hydrogens is 338 g/mol. The van der Waals surface area contributed by atoms with E-state index in [0.29, 0.717) is 38.5 Å². The number of nitrogens with zero attached hydrogens (tertiary/aromatic N) is 4. The molecule has 0 N–H and O–H groups in total. The second-order valence-corrected chi connectivity index (χ2v) is 5.88. The number of pyridine rings is 2. The highest BCUT2D eigenvalue weighted by Gasteiger charge is 2.18. The Morgan fingerprint density at radius 1 is 1.17 bits per heavy atom. The Balaban J connectivity index is 2.15. The minimum atomic E-state index is -0.531. The van der Waals surface area contributed by atoms with Gasteiger partial charge in [-0.25, -0.2) is 14.4 Å². The zero-order valence-corrected chi connectivity index (χ0v) is 13.4. The summed E-state index contributed by atoms with van der Waals surface area (Å²) in [6, 6.07) is 8.26. The van der Waals surface area contributed by atoms with Crippen LogP contribution >= 0.6 is 23.2 Å². The summed E-state index contributed by atoms with van der Waals surface area (Å²) in [6.45, 7) is 1.83. The first-order chi connectivity index (χ1) is 11.1. The molecule has 114 valence electrons. The smallest absolute Gasteiger partial charge is 0.167 e. The van der Waals surface area contributed by atoms with Crippen LogP contribution in [-0.4, -0.2) is 19.7 Å². The molecule has 0 saturated carbocycles. The number of hydrogen-bond acceptors (Lipinski definition) is 3. The lowest BCUT2D eigenvalue weighted by Crippen LogP contribution is -2.00. The number of fused-ring (bicyclic) bond motifs is 2. The van der Waals surface area contributed by atoms with Crippen molar-refractivity contribution >= 4 is 45.1 Å². The highest BCUT2D eigenvalue weighted by molar-refractivity contribution is 6.40. The monoisotopic (exact) mass is 346 g/mol. The fraction of sp³-hybridized carbons (Fsp3) is 0.0625. The van der Waals surface area contributed by atoms with E-state index in [1.54, 1.807) is 10.9 Å². The number of aromatic nitrogens is 4. The first kappa shape index (κ1) is 14.4. The molecule has 0 aliphatic carbocycles. The Kier molecular flexibility index (Phi) is 3.21. The Morgan fingerprint density at radius 3 is 2.74 bits per heavy atom. The van der Waals surface area contributed by atoms with Gasteiger partial charge in [-0.05, 0) is 31.2 Å². The van der Waals surface area contributed by atoms with Crippen LogP contribution in [0.5, 0.6) is 0 Å². The lowest BCUT2D eigenvalue weighted by molar-refractivity contribution is 0.630. The van der Waals surface area contributed by atoms with Crippen molar-refractivity contribution in [3.8, 4) is 5.82 Å².